The summed E-state index contributed by atoms with van der Waals surface area (Å²) in [7, 11) is 0. The zero-order chi connectivity index (χ0) is 9.84. The molecule has 0 spiro atoms. The Labute approximate surface area is 95.2 Å². The SMILES string of the molecule is O=C(Cl)c1ccc(CCBr)cc1Cl. The van der Waals surface area contributed by atoms with Gasteiger partial charge in [0.05, 0.1) is 10.6 Å². The van der Waals surface area contributed by atoms with E-state index in [0.29, 0.717) is 10.6 Å². The van der Waals surface area contributed by atoms with Crippen molar-refractivity contribution < 1.29 is 4.79 Å². The zero-order valence-electron chi connectivity index (χ0n) is 6.69. The van der Waals surface area contributed by atoms with Crippen molar-refractivity contribution in [3.8, 4) is 0 Å². The molecule has 0 aliphatic rings. The lowest BCUT2D eigenvalue weighted by Gasteiger charge is -2.01. The second-order valence-electron chi connectivity index (χ2n) is 2.53. The summed E-state index contributed by atoms with van der Waals surface area (Å²) in [5.41, 5.74) is 1.45. The van der Waals surface area contributed by atoms with Crippen molar-refractivity contribution in [1.29, 1.82) is 0 Å². The molecule has 0 fully saturated rings. The van der Waals surface area contributed by atoms with E-state index >= 15 is 0 Å². The van der Waals surface area contributed by atoms with Gasteiger partial charge in [0.1, 0.15) is 0 Å². The Kier molecular flexibility index (Phi) is 4.23. The van der Waals surface area contributed by atoms with E-state index in [-0.39, 0.29) is 0 Å². The molecule has 0 radical (unpaired) electrons. The first-order chi connectivity index (χ1) is 6.15. The molecule has 1 aromatic carbocycles. The summed E-state index contributed by atoms with van der Waals surface area (Å²) >= 11 is 14.5. The second kappa shape index (κ2) is 4.99. The van der Waals surface area contributed by atoms with Crippen LogP contribution in [0.25, 0.3) is 0 Å². The summed E-state index contributed by atoms with van der Waals surface area (Å²) < 4.78 is 0. The van der Waals surface area contributed by atoms with E-state index in [0.717, 1.165) is 17.3 Å². The molecule has 0 bridgehead atoms. The standard InChI is InChI=1S/C9H7BrCl2O/c10-4-3-6-1-2-7(9(12)13)8(11)5-6/h1-2,5H,3-4H2. The first-order valence-electron chi connectivity index (χ1n) is 3.69. The molecule has 0 unspecified atom stereocenters. The van der Waals surface area contributed by atoms with Gasteiger partial charge in [0.15, 0.2) is 0 Å². The highest BCUT2D eigenvalue weighted by atomic mass is 79.9. The third kappa shape index (κ3) is 2.97. The predicted molar refractivity (Wildman–Crippen MR) is 59.1 cm³/mol. The van der Waals surface area contributed by atoms with Gasteiger partial charge >= 0.3 is 0 Å². The maximum Gasteiger partial charge on any atom is 0.253 e. The number of carbonyl (C=O) groups is 1. The van der Waals surface area contributed by atoms with E-state index in [4.69, 9.17) is 23.2 Å². The summed E-state index contributed by atoms with van der Waals surface area (Å²) in [5.74, 6) is 0. The molecule has 0 atom stereocenters. The van der Waals surface area contributed by atoms with Crippen LogP contribution in [0.2, 0.25) is 5.02 Å². The van der Waals surface area contributed by atoms with E-state index in [9.17, 15) is 4.79 Å². The molecule has 1 nitrogen and oxygen atoms in total. The number of benzene rings is 1. The molecule has 1 rings (SSSR count). The van der Waals surface area contributed by atoms with Gasteiger partial charge in [0.2, 0.25) is 0 Å². The maximum absolute atomic E-state index is 10.8. The quantitative estimate of drug-likeness (QED) is 0.610. The summed E-state index contributed by atoms with van der Waals surface area (Å²) in [4.78, 5) is 10.8. The predicted octanol–water partition coefficient (Wildman–Crippen LogP) is 3.66. The Bertz CT molecular complexity index is 325. The molecule has 0 amide bonds. The van der Waals surface area contributed by atoms with Gasteiger partial charge < -0.3 is 0 Å². The first-order valence-corrected chi connectivity index (χ1v) is 5.57. The van der Waals surface area contributed by atoms with Crippen LogP contribution in [0.1, 0.15) is 15.9 Å². The van der Waals surface area contributed by atoms with E-state index in [1.807, 2.05) is 6.07 Å². The van der Waals surface area contributed by atoms with Gasteiger partial charge in [-0.15, -0.1) is 0 Å². The monoisotopic (exact) mass is 280 g/mol. The minimum absolute atomic E-state index is 0.363. The average Bonchev–Trinajstić information content (AvgIpc) is 2.04. The zero-order valence-corrected chi connectivity index (χ0v) is 9.79. The molecule has 0 heterocycles. The fourth-order valence-electron chi connectivity index (χ4n) is 0.983. The number of hydrogen-bond donors (Lipinski definition) is 0. The van der Waals surface area contributed by atoms with Crippen LogP contribution < -0.4 is 0 Å². The lowest BCUT2D eigenvalue weighted by molar-refractivity contribution is 0.108. The van der Waals surface area contributed by atoms with Gasteiger partial charge in [-0.2, -0.15) is 0 Å². The summed E-state index contributed by atoms with van der Waals surface area (Å²) in [6.45, 7) is 0. The van der Waals surface area contributed by atoms with E-state index < -0.39 is 5.24 Å². The molecule has 70 valence electrons. The van der Waals surface area contributed by atoms with Gasteiger partial charge in [-0.3, -0.25) is 4.79 Å². The van der Waals surface area contributed by atoms with Crippen LogP contribution in [0.15, 0.2) is 18.2 Å². The van der Waals surface area contributed by atoms with E-state index in [1.54, 1.807) is 12.1 Å². The summed E-state index contributed by atoms with van der Waals surface area (Å²) in [5, 5.41) is 0.770. The molecular weight excluding hydrogens is 275 g/mol. The molecule has 0 aliphatic carbocycles. The Hall–Kier alpha value is -0.0500. The minimum Gasteiger partial charge on any atom is -0.276 e. The first kappa shape index (κ1) is 11.0. The Morgan fingerprint density at radius 3 is 2.62 bits per heavy atom. The normalized spacial score (nSPS) is 10.1. The number of rotatable bonds is 3. The fourth-order valence-corrected chi connectivity index (χ4v) is 1.94. The second-order valence-corrected chi connectivity index (χ2v) is 4.07. The highest BCUT2D eigenvalue weighted by Gasteiger charge is 2.07. The van der Waals surface area contributed by atoms with Crippen LogP contribution in [0.3, 0.4) is 0 Å². The van der Waals surface area contributed by atoms with Crippen molar-refractivity contribution in [3.63, 3.8) is 0 Å². The highest BCUT2D eigenvalue weighted by molar-refractivity contribution is 9.09. The van der Waals surface area contributed by atoms with Crippen molar-refractivity contribution in [1.82, 2.24) is 0 Å². The topological polar surface area (TPSA) is 17.1 Å². The van der Waals surface area contributed by atoms with Crippen molar-refractivity contribution in [2.24, 2.45) is 0 Å². The van der Waals surface area contributed by atoms with Crippen LogP contribution in [0.4, 0.5) is 0 Å². The van der Waals surface area contributed by atoms with Gasteiger partial charge in [-0.1, -0.05) is 33.6 Å². The van der Waals surface area contributed by atoms with Crippen molar-refractivity contribution >= 4 is 44.4 Å². The van der Waals surface area contributed by atoms with Crippen molar-refractivity contribution in [2.45, 2.75) is 6.42 Å². The van der Waals surface area contributed by atoms with E-state index in [1.165, 1.54) is 0 Å². The third-order valence-electron chi connectivity index (χ3n) is 1.63. The molecule has 0 aliphatic heterocycles. The molecular formula is C9H7BrCl2O. The summed E-state index contributed by atoms with van der Waals surface area (Å²) in [6.07, 6.45) is 0.885. The van der Waals surface area contributed by atoms with Gasteiger partial charge in [0, 0.05) is 5.33 Å². The van der Waals surface area contributed by atoms with Crippen LogP contribution in [-0.4, -0.2) is 10.6 Å². The number of alkyl halides is 1. The summed E-state index contributed by atoms with van der Waals surface area (Å²) in [6, 6.07) is 5.26. The van der Waals surface area contributed by atoms with Crippen LogP contribution in [0.5, 0.6) is 0 Å². The number of hydrogen-bond acceptors (Lipinski definition) is 1. The lowest BCUT2D eigenvalue weighted by atomic mass is 10.1. The fraction of sp³-hybridized carbons (Fsp3) is 0.222. The smallest absolute Gasteiger partial charge is 0.253 e. The van der Waals surface area contributed by atoms with Gasteiger partial charge in [-0.05, 0) is 35.7 Å². The molecule has 4 heteroatoms. The third-order valence-corrected chi connectivity index (χ3v) is 2.54. The Balaban J connectivity index is 2.98. The van der Waals surface area contributed by atoms with Gasteiger partial charge in [0.25, 0.3) is 5.24 Å². The minimum atomic E-state index is -0.518. The molecule has 13 heavy (non-hydrogen) atoms. The molecule has 0 saturated carbocycles. The molecule has 0 aromatic heterocycles. The van der Waals surface area contributed by atoms with Crippen molar-refractivity contribution in [2.75, 3.05) is 5.33 Å². The Morgan fingerprint density at radius 1 is 1.46 bits per heavy atom. The van der Waals surface area contributed by atoms with E-state index in [2.05, 4.69) is 15.9 Å². The average molecular weight is 282 g/mol. The highest BCUT2D eigenvalue weighted by Crippen LogP contribution is 2.20. The van der Waals surface area contributed by atoms with Gasteiger partial charge in [-0.25, -0.2) is 0 Å². The van der Waals surface area contributed by atoms with Crippen LogP contribution in [-0.2, 0) is 6.42 Å². The van der Waals surface area contributed by atoms with Crippen molar-refractivity contribution in [3.05, 3.63) is 34.3 Å². The number of carbonyl (C=O) groups excluding carboxylic acids is 1. The number of aryl methyl sites for hydroxylation is 1. The molecule has 0 saturated heterocycles. The Morgan fingerprint density at radius 2 is 2.15 bits per heavy atom. The largest absolute Gasteiger partial charge is 0.276 e. The molecule has 1 aromatic rings. The van der Waals surface area contributed by atoms with Crippen LogP contribution >= 0.6 is 39.1 Å². The lowest BCUT2D eigenvalue weighted by Crippen LogP contribution is -1.93. The maximum atomic E-state index is 10.8. The molecule has 0 N–H and O–H groups in total. The number of halogens is 3. The van der Waals surface area contributed by atoms with Crippen LogP contribution in [0, 0.1) is 0 Å².